The van der Waals surface area contributed by atoms with Crippen molar-refractivity contribution in [2.75, 3.05) is 31.1 Å². The quantitative estimate of drug-likeness (QED) is 0.387. The molecule has 0 unspecified atom stereocenters. The summed E-state index contributed by atoms with van der Waals surface area (Å²) in [7, 11) is -3.40. The number of nitrogens with two attached hydrogens (primary N) is 1. The third-order valence-corrected chi connectivity index (χ3v) is 5.83. The average molecular weight is 470 g/mol. The maximum Gasteiger partial charge on any atom is 0.240 e. The van der Waals surface area contributed by atoms with Gasteiger partial charge in [0.2, 0.25) is 10.0 Å². The minimum absolute atomic E-state index is 0. The summed E-state index contributed by atoms with van der Waals surface area (Å²) < 4.78 is 26.2. The van der Waals surface area contributed by atoms with E-state index in [4.69, 9.17) is 5.73 Å². The lowest BCUT2D eigenvalue weighted by atomic mass is 10.2. The summed E-state index contributed by atoms with van der Waals surface area (Å²) in [6.07, 6.45) is 0. The molecule has 0 bridgehead atoms. The molecule has 3 N–H and O–H groups in total. The topological polar surface area (TPSA) is 87.8 Å². The number of halogens is 1. The van der Waals surface area contributed by atoms with Crippen LogP contribution in [0, 0.1) is 0 Å². The van der Waals surface area contributed by atoms with Crippen LogP contribution in [0.5, 0.6) is 0 Å². The van der Waals surface area contributed by atoms with Gasteiger partial charge in [0.25, 0.3) is 0 Å². The van der Waals surface area contributed by atoms with E-state index in [1.165, 1.54) is 0 Å². The van der Waals surface area contributed by atoms with Crippen LogP contribution in [0.3, 0.4) is 0 Å². The van der Waals surface area contributed by atoms with E-state index in [1.54, 1.807) is 31.2 Å². The monoisotopic (exact) mass is 470 g/mol. The van der Waals surface area contributed by atoms with Crippen molar-refractivity contribution >= 4 is 51.7 Å². The van der Waals surface area contributed by atoms with Gasteiger partial charge in [0.1, 0.15) is 0 Å². The van der Waals surface area contributed by atoms with Crippen molar-refractivity contribution < 1.29 is 8.42 Å². The normalized spacial score (nSPS) is 16.0. The first-order valence-corrected chi connectivity index (χ1v) is 9.88. The van der Waals surface area contributed by atoms with Crippen molar-refractivity contribution in [3.8, 4) is 0 Å². The van der Waals surface area contributed by atoms with Crippen molar-refractivity contribution in [3.05, 3.63) is 29.8 Å². The van der Waals surface area contributed by atoms with E-state index >= 15 is 0 Å². The first-order valence-electron chi connectivity index (χ1n) is 7.24. The Bertz CT molecular complexity index is 614. The summed E-state index contributed by atoms with van der Waals surface area (Å²) >= 11 is 1.92. The Kier molecular flexibility index (Phi) is 8.65. The fourth-order valence-electron chi connectivity index (χ4n) is 2.11. The van der Waals surface area contributed by atoms with E-state index in [1.807, 2.05) is 11.8 Å². The third-order valence-electron chi connectivity index (χ3n) is 3.33. The largest absolute Gasteiger partial charge is 0.370 e. The van der Waals surface area contributed by atoms with E-state index in [0.29, 0.717) is 19.0 Å². The molecule has 1 aromatic carbocycles. The van der Waals surface area contributed by atoms with E-state index in [0.717, 1.165) is 30.2 Å². The highest BCUT2D eigenvalue weighted by atomic mass is 127. The van der Waals surface area contributed by atoms with Gasteiger partial charge in [-0.2, -0.15) is 11.8 Å². The molecule has 0 spiro atoms. The molecule has 23 heavy (non-hydrogen) atoms. The summed E-state index contributed by atoms with van der Waals surface area (Å²) in [5.41, 5.74) is 6.93. The lowest BCUT2D eigenvalue weighted by Gasteiger charge is -2.27. The minimum Gasteiger partial charge on any atom is -0.370 e. The number of hydrogen-bond acceptors (Lipinski definition) is 4. The second kappa shape index (κ2) is 9.70. The third kappa shape index (κ3) is 6.12. The number of aliphatic imine (C=N–C) groups is 1. The fourth-order valence-corrected chi connectivity index (χ4v) is 4.06. The van der Waals surface area contributed by atoms with Gasteiger partial charge in [-0.1, -0.05) is 19.1 Å². The SMILES string of the molecule is CCNS(=O)(=O)c1ccc(CN=C(N)N2CCSCC2)cc1.I. The Morgan fingerprint density at radius 2 is 1.91 bits per heavy atom. The molecule has 0 saturated carbocycles. The van der Waals surface area contributed by atoms with Crippen molar-refractivity contribution in [1.29, 1.82) is 0 Å². The highest BCUT2D eigenvalue weighted by molar-refractivity contribution is 14.0. The Balaban J connectivity index is 0.00000264. The van der Waals surface area contributed by atoms with Crippen molar-refractivity contribution in [3.63, 3.8) is 0 Å². The van der Waals surface area contributed by atoms with E-state index in [-0.39, 0.29) is 28.9 Å². The summed E-state index contributed by atoms with van der Waals surface area (Å²) in [5.74, 6) is 2.71. The molecule has 0 radical (unpaired) electrons. The Morgan fingerprint density at radius 1 is 1.30 bits per heavy atom. The van der Waals surface area contributed by atoms with Crippen LogP contribution in [0.15, 0.2) is 34.2 Å². The molecule has 1 saturated heterocycles. The van der Waals surface area contributed by atoms with Crippen LogP contribution in [0.2, 0.25) is 0 Å². The molecule has 6 nitrogen and oxygen atoms in total. The number of nitrogens with one attached hydrogen (secondary N) is 1. The zero-order valence-electron chi connectivity index (χ0n) is 13.1. The molecule has 130 valence electrons. The number of thioether (sulfide) groups is 1. The van der Waals surface area contributed by atoms with Gasteiger partial charge in [-0.15, -0.1) is 24.0 Å². The highest BCUT2D eigenvalue weighted by Crippen LogP contribution is 2.12. The van der Waals surface area contributed by atoms with Crippen molar-refractivity contribution in [1.82, 2.24) is 9.62 Å². The fraction of sp³-hybridized carbons (Fsp3) is 0.500. The first-order chi connectivity index (χ1) is 10.5. The van der Waals surface area contributed by atoms with E-state index in [2.05, 4.69) is 14.6 Å². The minimum atomic E-state index is -3.40. The lowest BCUT2D eigenvalue weighted by molar-refractivity contribution is 0.455. The van der Waals surface area contributed by atoms with Gasteiger partial charge >= 0.3 is 0 Å². The highest BCUT2D eigenvalue weighted by Gasteiger charge is 2.13. The van der Waals surface area contributed by atoms with E-state index < -0.39 is 10.0 Å². The first kappa shape index (κ1) is 20.5. The molecule has 0 aliphatic carbocycles. The van der Waals surface area contributed by atoms with E-state index in [9.17, 15) is 8.42 Å². The molecular weight excluding hydrogens is 447 g/mol. The van der Waals surface area contributed by atoms with Gasteiger partial charge < -0.3 is 10.6 Å². The van der Waals surface area contributed by atoms with Gasteiger partial charge in [-0.3, -0.25) is 0 Å². The van der Waals surface area contributed by atoms with Crippen LogP contribution in [-0.4, -0.2) is 50.4 Å². The summed E-state index contributed by atoms with van der Waals surface area (Å²) in [4.78, 5) is 6.74. The Labute approximate surface area is 159 Å². The van der Waals surface area contributed by atoms with Crippen LogP contribution in [0.4, 0.5) is 0 Å². The standard InChI is InChI=1S/C14H22N4O2S2.HI/c1-2-17-22(19,20)13-5-3-12(4-6-13)11-16-14(15)18-7-9-21-10-8-18;/h3-6,17H,2,7-11H2,1H3,(H2,15,16);1H. The summed E-state index contributed by atoms with van der Waals surface area (Å²) in [6.45, 7) is 4.44. The predicted molar refractivity (Wildman–Crippen MR) is 107 cm³/mol. The number of sulfonamides is 1. The molecule has 1 aromatic rings. The molecule has 1 fully saturated rings. The lowest BCUT2D eigenvalue weighted by Crippen LogP contribution is -2.42. The molecule has 0 amide bonds. The Morgan fingerprint density at radius 3 is 2.48 bits per heavy atom. The van der Waals surface area contributed by atoms with Crippen LogP contribution in [0.25, 0.3) is 0 Å². The van der Waals surface area contributed by atoms with Crippen molar-refractivity contribution in [2.45, 2.75) is 18.4 Å². The Hall–Kier alpha value is -0.520. The van der Waals surface area contributed by atoms with Crippen LogP contribution >= 0.6 is 35.7 Å². The zero-order valence-corrected chi connectivity index (χ0v) is 17.0. The number of hydrogen-bond donors (Lipinski definition) is 2. The van der Waals surface area contributed by atoms with Crippen LogP contribution in [-0.2, 0) is 16.6 Å². The molecule has 2 rings (SSSR count). The molecule has 1 aliphatic heterocycles. The summed E-state index contributed by atoms with van der Waals surface area (Å²) in [5, 5.41) is 0. The van der Waals surface area contributed by atoms with Gasteiger partial charge in [-0.25, -0.2) is 18.1 Å². The number of rotatable bonds is 5. The van der Waals surface area contributed by atoms with Gasteiger partial charge in [0.05, 0.1) is 11.4 Å². The average Bonchev–Trinajstić information content (AvgIpc) is 2.54. The van der Waals surface area contributed by atoms with Crippen molar-refractivity contribution in [2.24, 2.45) is 10.7 Å². The van der Waals surface area contributed by atoms with Crippen LogP contribution < -0.4 is 10.5 Å². The predicted octanol–water partition coefficient (Wildman–Crippen LogP) is 1.47. The number of benzene rings is 1. The molecule has 9 heteroatoms. The van der Waals surface area contributed by atoms with Crippen LogP contribution in [0.1, 0.15) is 12.5 Å². The molecule has 1 heterocycles. The summed E-state index contributed by atoms with van der Waals surface area (Å²) in [6, 6.07) is 6.73. The maximum absolute atomic E-state index is 11.8. The molecule has 1 aliphatic rings. The molecule has 0 aromatic heterocycles. The van der Waals surface area contributed by atoms with Gasteiger partial charge in [-0.05, 0) is 17.7 Å². The molecule has 0 atom stereocenters. The number of guanidine groups is 1. The van der Waals surface area contributed by atoms with Gasteiger partial charge in [0.15, 0.2) is 5.96 Å². The maximum atomic E-state index is 11.8. The molecular formula is C14H23IN4O2S2. The second-order valence-electron chi connectivity index (χ2n) is 4.92. The number of nitrogens with zero attached hydrogens (tertiary/aromatic N) is 2. The van der Waals surface area contributed by atoms with Gasteiger partial charge in [0, 0.05) is 31.1 Å². The second-order valence-corrected chi connectivity index (χ2v) is 7.91. The zero-order chi connectivity index (χ0) is 16.0. The smallest absolute Gasteiger partial charge is 0.240 e.